The van der Waals surface area contributed by atoms with Gasteiger partial charge in [-0.1, -0.05) is 0 Å². The van der Waals surface area contributed by atoms with Crippen LogP contribution < -0.4 is 20.1 Å². The highest BCUT2D eigenvalue weighted by Gasteiger charge is 2.35. The lowest BCUT2D eigenvalue weighted by Gasteiger charge is -2.19. The SMILES string of the molecule is COc1ccc(OC(F)F)c(NC(=O)[C@H]2CNC[C@@H]2c2cnn(C)c2)c1.Cl. The van der Waals surface area contributed by atoms with Crippen molar-refractivity contribution in [3.8, 4) is 11.5 Å². The fourth-order valence-electron chi connectivity index (χ4n) is 3.09. The molecule has 148 valence electrons. The molecule has 1 aliphatic heterocycles. The molecule has 2 heterocycles. The number of rotatable bonds is 6. The third-order valence-corrected chi connectivity index (χ3v) is 4.36. The first-order valence-corrected chi connectivity index (χ1v) is 8.11. The maximum atomic E-state index is 12.8. The Morgan fingerprint density at radius 2 is 2.19 bits per heavy atom. The van der Waals surface area contributed by atoms with Gasteiger partial charge in [-0.3, -0.25) is 9.48 Å². The van der Waals surface area contributed by atoms with Gasteiger partial charge >= 0.3 is 6.61 Å². The molecule has 1 amide bonds. The Morgan fingerprint density at radius 1 is 1.41 bits per heavy atom. The van der Waals surface area contributed by atoms with Gasteiger partial charge in [0.25, 0.3) is 0 Å². The van der Waals surface area contributed by atoms with Crippen LogP contribution in [0.4, 0.5) is 14.5 Å². The van der Waals surface area contributed by atoms with Gasteiger partial charge in [-0.2, -0.15) is 13.9 Å². The molecule has 10 heteroatoms. The average Bonchev–Trinajstić information content (AvgIpc) is 3.24. The van der Waals surface area contributed by atoms with Crippen LogP contribution in [-0.2, 0) is 11.8 Å². The summed E-state index contributed by atoms with van der Waals surface area (Å²) >= 11 is 0. The second-order valence-corrected chi connectivity index (χ2v) is 6.05. The summed E-state index contributed by atoms with van der Waals surface area (Å²) in [5.74, 6) is -0.372. The van der Waals surface area contributed by atoms with Crippen molar-refractivity contribution in [3.05, 3.63) is 36.2 Å². The molecule has 7 nitrogen and oxygen atoms in total. The summed E-state index contributed by atoms with van der Waals surface area (Å²) in [6, 6.07) is 4.28. The van der Waals surface area contributed by atoms with E-state index in [0.29, 0.717) is 18.8 Å². The first kappa shape index (κ1) is 20.9. The third kappa shape index (κ3) is 4.86. The normalized spacial score (nSPS) is 18.9. The molecule has 3 rings (SSSR count). The van der Waals surface area contributed by atoms with Gasteiger partial charge in [-0.15, -0.1) is 12.4 Å². The Bertz CT molecular complexity index is 787. The zero-order chi connectivity index (χ0) is 18.7. The molecule has 27 heavy (non-hydrogen) atoms. The first-order chi connectivity index (χ1) is 12.5. The minimum Gasteiger partial charge on any atom is -0.497 e. The maximum Gasteiger partial charge on any atom is 0.387 e. The van der Waals surface area contributed by atoms with E-state index in [1.54, 1.807) is 10.9 Å². The Kier molecular flexibility index (Phi) is 6.98. The molecule has 1 aromatic heterocycles. The van der Waals surface area contributed by atoms with E-state index in [2.05, 4.69) is 20.5 Å². The summed E-state index contributed by atoms with van der Waals surface area (Å²) in [7, 11) is 3.26. The summed E-state index contributed by atoms with van der Waals surface area (Å²) in [4.78, 5) is 12.8. The molecule has 0 unspecified atom stereocenters. The van der Waals surface area contributed by atoms with Crippen molar-refractivity contribution in [2.45, 2.75) is 12.5 Å². The highest BCUT2D eigenvalue weighted by atomic mass is 35.5. The fourth-order valence-corrected chi connectivity index (χ4v) is 3.09. The molecular formula is C17H21ClF2N4O3. The standard InChI is InChI=1S/C17H20F2N4O3.ClH/c1-23-9-10(6-21-23)12-7-20-8-13(12)16(24)22-14-5-11(25-2)3-4-15(14)26-17(18)19;/h3-6,9,12-13,17,20H,7-8H2,1-2H3,(H,22,24);1H/t12-,13+;/m1./s1. The quantitative estimate of drug-likeness (QED) is 0.775. The number of methoxy groups -OCH3 is 1. The van der Waals surface area contributed by atoms with Crippen LogP contribution in [0.2, 0.25) is 0 Å². The van der Waals surface area contributed by atoms with Gasteiger partial charge in [0.15, 0.2) is 0 Å². The van der Waals surface area contributed by atoms with E-state index in [0.717, 1.165) is 5.56 Å². The highest BCUT2D eigenvalue weighted by molar-refractivity contribution is 5.95. The molecular weight excluding hydrogens is 382 g/mol. The Labute approximate surface area is 161 Å². The number of anilines is 1. The van der Waals surface area contributed by atoms with Gasteiger partial charge < -0.3 is 20.1 Å². The number of benzene rings is 1. The van der Waals surface area contributed by atoms with Gasteiger partial charge in [0.1, 0.15) is 11.5 Å². The van der Waals surface area contributed by atoms with Crippen molar-refractivity contribution >= 4 is 24.0 Å². The Balaban J connectivity index is 0.00000261. The van der Waals surface area contributed by atoms with E-state index < -0.39 is 6.61 Å². The van der Waals surface area contributed by atoms with E-state index in [9.17, 15) is 13.6 Å². The summed E-state index contributed by atoms with van der Waals surface area (Å²) in [6.45, 7) is -1.86. The molecule has 2 aromatic rings. The largest absolute Gasteiger partial charge is 0.497 e. The van der Waals surface area contributed by atoms with Crippen molar-refractivity contribution in [1.29, 1.82) is 0 Å². The monoisotopic (exact) mass is 402 g/mol. The van der Waals surface area contributed by atoms with E-state index in [4.69, 9.17) is 4.74 Å². The lowest BCUT2D eigenvalue weighted by molar-refractivity contribution is -0.119. The van der Waals surface area contributed by atoms with Crippen LogP contribution in [0.25, 0.3) is 0 Å². The molecule has 1 saturated heterocycles. The highest BCUT2D eigenvalue weighted by Crippen LogP contribution is 2.33. The lowest BCUT2D eigenvalue weighted by atomic mass is 9.90. The van der Waals surface area contributed by atoms with Crippen molar-refractivity contribution in [3.63, 3.8) is 0 Å². The zero-order valence-corrected chi connectivity index (χ0v) is 15.6. The molecule has 1 fully saturated rings. The van der Waals surface area contributed by atoms with Gasteiger partial charge in [-0.05, 0) is 17.7 Å². The molecule has 0 aliphatic carbocycles. The molecule has 0 spiro atoms. The second-order valence-electron chi connectivity index (χ2n) is 6.05. The predicted octanol–water partition coefficient (Wildman–Crippen LogP) is 2.39. The smallest absolute Gasteiger partial charge is 0.387 e. The number of carbonyl (C=O) groups excluding carboxylic acids is 1. The van der Waals surface area contributed by atoms with Gasteiger partial charge in [0.2, 0.25) is 5.91 Å². The van der Waals surface area contributed by atoms with Crippen LogP contribution in [0.3, 0.4) is 0 Å². The number of aromatic nitrogens is 2. The number of hydrogen-bond donors (Lipinski definition) is 2. The molecule has 0 saturated carbocycles. The number of ether oxygens (including phenoxy) is 2. The molecule has 1 aliphatic rings. The minimum absolute atomic E-state index is 0. The van der Waals surface area contributed by atoms with Crippen molar-refractivity contribution in [1.82, 2.24) is 15.1 Å². The van der Waals surface area contributed by atoms with E-state index >= 15 is 0 Å². The zero-order valence-electron chi connectivity index (χ0n) is 14.8. The van der Waals surface area contributed by atoms with Crippen LogP contribution in [0.5, 0.6) is 11.5 Å². The Hall–Kier alpha value is -2.39. The number of amides is 1. The fraction of sp³-hybridized carbons (Fsp3) is 0.412. The predicted molar refractivity (Wildman–Crippen MR) is 97.8 cm³/mol. The number of aryl methyl sites for hydroxylation is 1. The second kappa shape index (κ2) is 9.01. The summed E-state index contributed by atoms with van der Waals surface area (Å²) < 4.78 is 36.5. The molecule has 0 bridgehead atoms. The van der Waals surface area contributed by atoms with Crippen LogP contribution in [-0.4, -0.2) is 42.5 Å². The topological polar surface area (TPSA) is 77.4 Å². The third-order valence-electron chi connectivity index (χ3n) is 4.36. The number of nitrogens with one attached hydrogen (secondary N) is 2. The average molecular weight is 403 g/mol. The van der Waals surface area contributed by atoms with E-state index in [1.165, 1.54) is 25.3 Å². The van der Waals surface area contributed by atoms with E-state index in [-0.39, 0.29) is 41.6 Å². The molecule has 2 N–H and O–H groups in total. The van der Waals surface area contributed by atoms with Crippen molar-refractivity contribution < 1.29 is 23.0 Å². The van der Waals surface area contributed by atoms with Gasteiger partial charge in [0.05, 0.1) is 24.9 Å². The van der Waals surface area contributed by atoms with Gasteiger partial charge in [0, 0.05) is 38.3 Å². The number of nitrogens with zero attached hydrogens (tertiary/aromatic N) is 2. The summed E-state index contributed by atoms with van der Waals surface area (Å²) in [6.07, 6.45) is 3.60. The number of halogens is 3. The van der Waals surface area contributed by atoms with Crippen molar-refractivity contribution in [2.75, 3.05) is 25.5 Å². The molecule has 1 aromatic carbocycles. The first-order valence-electron chi connectivity index (χ1n) is 8.11. The summed E-state index contributed by atoms with van der Waals surface area (Å²) in [5.41, 5.74) is 1.10. The van der Waals surface area contributed by atoms with Crippen molar-refractivity contribution in [2.24, 2.45) is 13.0 Å². The van der Waals surface area contributed by atoms with Crippen LogP contribution in [0.15, 0.2) is 30.6 Å². The van der Waals surface area contributed by atoms with E-state index in [1.807, 2.05) is 13.2 Å². The van der Waals surface area contributed by atoms with Gasteiger partial charge in [-0.25, -0.2) is 0 Å². The number of carbonyl (C=O) groups is 1. The molecule has 0 radical (unpaired) electrons. The van der Waals surface area contributed by atoms with Crippen LogP contribution >= 0.6 is 12.4 Å². The maximum absolute atomic E-state index is 12.8. The van der Waals surface area contributed by atoms with Crippen LogP contribution in [0, 0.1) is 5.92 Å². The Morgan fingerprint density at radius 3 is 2.81 bits per heavy atom. The summed E-state index contributed by atoms with van der Waals surface area (Å²) in [5, 5.41) is 10.0. The number of hydrogen-bond acceptors (Lipinski definition) is 5. The number of alkyl halides is 2. The lowest BCUT2D eigenvalue weighted by Crippen LogP contribution is -2.28. The molecule has 2 atom stereocenters. The van der Waals surface area contributed by atoms with Crippen LogP contribution in [0.1, 0.15) is 11.5 Å². The minimum atomic E-state index is -2.99.